The summed E-state index contributed by atoms with van der Waals surface area (Å²) in [5.41, 5.74) is -7.21. The standard InChI is InChI=1S/C49H21F15N4/c50-45(51,52)26-2-8-32(25(16-26)23-66)33-9-7-31(67-40-11-3-27(46(53,54)55)17-36(40)37-18-28(47(56,57)58)4-12-41(37)67)21-34(33)35-15-24(22-65)1-10-42(35)68-43-13-5-29(48(59,60)61)19-38(43)39-20-30(49(62,63)64)6-14-44(39)68/h1-21H. The van der Waals surface area contributed by atoms with Crippen LogP contribution in [-0.2, 0) is 30.9 Å². The molecule has 0 N–H and O–H groups in total. The number of rotatable bonds is 4. The molecule has 2 aromatic heterocycles. The van der Waals surface area contributed by atoms with Gasteiger partial charge in [-0.2, -0.15) is 76.4 Å². The molecule has 0 amide bonds. The summed E-state index contributed by atoms with van der Waals surface area (Å²) in [6.07, 6.45) is -24.7. The fourth-order valence-corrected chi connectivity index (χ4v) is 8.48. The van der Waals surface area contributed by atoms with Crippen molar-refractivity contribution in [3.8, 4) is 45.8 Å². The Hall–Kier alpha value is -7.93. The van der Waals surface area contributed by atoms with E-state index in [4.69, 9.17) is 0 Å². The second-order valence-corrected chi connectivity index (χ2v) is 15.5. The lowest BCUT2D eigenvalue weighted by Crippen LogP contribution is -2.06. The monoisotopic (exact) mass is 950 g/mol. The number of nitrogens with zero attached hydrogens (tertiary/aromatic N) is 4. The molecule has 0 saturated heterocycles. The SMILES string of the molecule is N#Cc1ccc(-n2c3ccc(C(F)(F)F)cc3c3cc(C(F)(F)F)ccc32)c(-c2cc(-n3c4ccc(C(F)(F)F)cc4c4cc(C(F)(F)F)ccc43)ccc2-c2ccc(C(F)(F)F)cc2C#N)c1. The normalized spacial score (nSPS) is 12.9. The van der Waals surface area contributed by atoms with Crippen LogP contribution in [0.2, 0.25) is 0 Å². The van der Waals surface area contributed by atoms with Gasteiger partial charge in [-0.3, -0.25) is 0 Å². The molecule has 0 radical (unpaired) electrons. The van der Waals surface area contributed by atoms with E-state index >= 15 is 0 Å². The van der Waals surface area contributed by atoms with E-state index in [2.05, 4.69) is 0 Å². The number of halogens is 15. The topological polar surface area (TPSA) is 57.4 Å². The van der Waals surface area contributed by atoms with Gasteiger partial charge in [-0.25, -0.2) is 0 Å². The van der Waals surface area contributed by atoms with Gasteiger partial charge in [-0.1, -0.05) is 12.1 Å². The Balaban J connectivity index is 1.42. The van der Waals surface area contributed by atoms with Gasteiger partial charge in [-0.15, -0.1) is 0 Å². The first-order valence-electron chi connectivity index (χ1n) is 19.5. The zero-order chi connectivity index (χ0) is 49.0. The third-order valence-electron chi connectivity index (χ3n) is 11.5. The molecule has 0 saturated carbocycles. The highest BCUT2D eigenvalue weighted by Gasteiger charge is 2.36. The maximum atomic E-state index is 14.1. The first-order valence-corrected chi connectivity index (χ1v) is 19.5. The molecule has 68 heavy (non-hydrogen) atoms. The number of hydrogen-bond donors (Lipinski definition) is 0. The van der Waals surface area contributed by atoms with Crippen molar-refractivity contribution in [2.45, 2.75) is 30.9 Å². The van der Waals surface area contributed by atoms with Gasteiger partial charge in [-0.05, 0) is 126 Å². The fraction of sp³-hybridized carbons (Fsp3) is 0.102. The molecule has 9 rings (SSSR count). The maximum absolute atomic E-state index is 14.1. The molecule has 9 aromatic rings. The van der Waals surface area contributed by atoms with Crippen LogP contribution >= 0.6 is 0 Å². The van der Waals surface area contributed by atoms with Crippen molar-refractivity contribution in [1.82, 2.24) is 9.13 Å². The minimum atomic E-state index is -4.95. The third kappa shape index (κ3) is 7.67. The Morgan fingerprint density at radius 2 is 0.706 bits per heavy atom. The quantitative estimate of drug-likeness (QED) is 0.165. The average Bonchev–Trinajstić information content (AvgIpc) is 3.78. The van der Waals surface area contributed by atoms with Crippen LogP contribution in [-0.4, -0.2) is 9.13 Å². The summed E-state index contributed by atoms with van der Waals surface area (Å²) in [5.74, 6) is 0. The zero-order valence-electron chi connectivity index (χ0n) is 33.6. The van der Waals surface area contributed by atoms with Crippen LogP contribution in [0.25, 0.3) is 77.2 Å². The summed E-state index contributed by atoms with van der Waals surface area (Å²) in [4.78, 5) is 0. The van der Waals surface area contributed by atoms with Gasteiger partial charge in [0.15, 0.2) is 0 Å². The second kappa shape index (κ2) is 15.3. The van der Waals surface area contributed by atoms with Crippen LogP contribution < -0.4 is 0 Å². The molecule has 4 nitrogen and oxygen atoms in total. The minimum absolute atomic E-state index is 0.00820. The molecule has 2 heterocycles. The Bertz CT molecular complexity index is 3500. The molecule has 7 aromatic carbocycles. The van der Waals surface area contributed by atoms with Crippen molar-refractivity contribution in [3.05, 3.63) is 166 Å². The zero-order valence-corrected chi connectivity index (χ0v) is 33.6. The lowest BCUT2D eigenvalue weighted by Gasteiger charge is -2.20. The Labute approximate surface area is 371 Å². The van der Waals surface area contributed by atoms with E-state index in [0.29, 0.717) is 60.7 Å². The highest BCUT2D eigenvalue weighted by atomic mass is 19.4. The number of hydrogen-bond acceptors (Lipinski definition) is 2. The van der Waals surface area contributed by atoms with E-state index in [0.717, 1.165) is 30.3 Å². The molecule has 0 atom stereocenters. The fourth-order valence-electron chi connectivity index (χ4n) is 8.48. The Morgan fingerprint density at radius 3 is 1.10 bits per heavy atom. The van der Waals surface area contributed by atoms with E-state index in [1.165, 1.54) is 45.5 Å². The lowest BCUT2D eigenvalue weighted by molar-refractivity contribution is -0.138. The van der Waals surface area contributed by atoms with E-state index in [9.17, 15) is 76.4 Å². The van der Waals surface area contributed by atoms with E-state index < -0.39 is 64.3 Å². The predicted molar refractivity (Wildman–Crippen MR) is 220 cm³/mol. The summed E-state index contributed by atoms with van der Waals surface area (Å²) >= 11 is 0. The van der Waals surface area contributed by atoms with Gasteiger partial charge in [0.05, 0.1) is 78.8 Å². The predicted octanol–water partition coefficient (Wildman–Crippen LogP) is 16.1. The smallest absolute Gasteiger partial charge is 0.309 e. The number of fused-ring (bicyclic) bond motifs is 6. The van der Waals surface area contributed by atoms with Gasteiger partial charge in [0.2, 0.25) is 0 Å². The van der Waals surface area contributed by atoms with E-state index in [1.807, 2.05) is 6.07 Å². The largest absolute Gasteiger partial charge is 0.416 e. The van der Waals surface area contributed by atoms with Gasteiger partial charge >= 0.3 is 30.9 Å². The third-order valence-corrected chi connectivity index (χ3v) is 11.5. The van der Waals surface area contributed by atoms with Crippen molar-refractivity contribution in [2.24, 2.45) is 0 Å². The number of alkyl halides is 15. The molecule has 0 spiro atoms. The van der Waals surface area contributed by atoms with Crippen molar-refractivity contribution in [1.29, 1.82) is 10.5 Å². The Morgan fingerprint density at radius 1 is 0.324 bits per heavy atom. The van der Waals surface area contributed by atoms with Crippen molar-refractivity contribution >= 4 is 43.6 Å². The molecule has 19 heteroatoms. The van der Waals surface area contributed by atoms with Gasteiger partial charge < -0.3 is 9.13 Å². The van der Waals surface area contributed by atoms with Crippen LogP contribution in [0.15, 0.2) is 127 Å². The van der Waals surface area contributed by atoms with Gasteiger partial charge in [0.1, 0.15) is 0 Å². The van der Waals surface area contributed by atoms with Crippen LogP contribution in [0.3, 0.4) is 0 Å². The summed E-state index contributed by atoms with van der Waals surface area (Å²) in [6, 6.07) is 23.2. The van der Waals surface area contributed by atoms with Gasteiger partial charge in [0.25, 0.3) is 0 Å². The Kier molecular flexibility index (Phi) is 10.2. The highest BCUT2D eigenvalue weighted by molar-refractivity contribution is 6.12. The molecule has 0 bridgehead atoms. The van der Waals surface area contributed by atoms with Crippen LogP contribution in [0.5, 0.6) is 0 Å². The summed E-state index contributed by atoms with van der Waals surface area (Å²) in [5, 5.41) is 19.3. The number of benzene rings is 7. The van der Waals surface area contributed by atoms with Crippen molar-refractivity contribution in [2.75, 3.05) is 0 Å². The summed E-state index contributed by atoms with van der Waals surface area (Å²) in [6.45, 7) is 0. The molecule has 0 unspecified atom stereocenters. The van der Waals surface area contributed by atoms with Crippen LogP contribution in [0, 0.1) is 22.7 Å². The molecule has 0 aliphatic heterocycles. The highest BCUT2D eigenvalue weighted by Crippen LogP contribution is 2.47. The molecule has 0 fully saturated rings. The molecule has 342 valence electrons. The first kappa shape index (κ1) is 45.2. The van der Waals surface area contributed by atoms with E-state index in [1.54, 1.807) is 6.07 Å². The first-order chi connectivity index (χ1) is 31.8. The maximum Gasteiger partial charge on any atom is 0.416 e. The lowest BCUT2D eigenvalue weighted by atomic mass is 9.89. The minimum Gasteiger partial charge on any atom is -0.309 e. The number of aromatic nitrogens is 2. The summed E-state index contributed by atoms with van der Waals surface area (Å²) in [7, 11) is 0. The summed E-state index contributed by atoms with van der Waals surface area (Å²) < 4.78 is 214. The second-order valence-electron chi connectivity index (χ2n) is 15.5. The molecular weight excluding hydrogens is 930 g/mol. The van der Waals surface area contributed by atoms with Crippen molar-refractivity contribution < 1.29 is 65.9 Å². The van der Waals surface area contributed by atoms with Crippen LogP contribution in [0.4, 0.5) is 65.9 Å². The van der Waals surface area contributed by atoms with Gasteiger partial charge in [0, 0.05) is 38.4 Å². The molecule has 0 aliphatic rings. The van der Waals surface area contributed by atoms with Crippen LogP contribution in [0.1, 0.15) is 38.9 Å². The molecular formula is C49H21F15N4. The number of nitriles is 2. The van der Waals surface area contributed by atoms with E-state index in [-0.39, 0.29) is 82.8 Å². The van der Waals surface area contributed by atoms with Crippen molar-refractivity contribution in [3.63, 3.8) is 0 Å². The average molecular weight is 951 g/mol. The molecule has 0 aliphatic carbocycles.